The van der Waals surface area contributed by atoms with Crippen molar-refractivity contribution in [2.75, 3.05) is 24.3 Å². The Kier molecular flexibility index (Phi) is 1.83. The molecule has 4 nitrogen and oxygen atoms in total. The molecule has 0 radical (unpaired) electrons. The molecule has 12 heavy (non-hydrogen) atoms. The molecule has 1 aromatic heterocycles. The minimum absolute atomic E-state index is 0.412. The van der Waals surface area contributed by atoms with Crippen molar-refractivity contribution in [2.24, 2.45) is 0 Å². The number of nitrogens with one attached hydrogen (secondary N) is 1. The van der Waals surface area contributed by atoms with E-state index in [9.17, 15) is 0 Å². The third-order valence-electron chi connectivity index (χ3n) is 1.85. The summed E-state index contributed by atoms with van der Waals surface area (Å²) in [6.45, 7) is 1.53. The lowest BCUT2D eigenvalue weighted by Crippen LogP contribution is -2.40. The molecule has 64 valence electrons. The van der Waals surface area contributed by atoms with Gasteiger partial charge in [0.25, 0.3) is 0 Å². The van der Waals surface area contributed by atoms with E-state index in [4.69, 9.17) is 10.5 Å². The molecule has 2 rings (SSSR count). The molecule has 0 atom stereocenters. The average Bonchev–Trinajstić information content (AvgIpc) is 2.00. The molecule has 0 amide bonds. The van der Waals surface area contributed by atoms with Crippen molar-refractivity contribution in [1.29, 1.82) is 0 Å². The van der Waals surface area contributed by atoms with Gasteiger partial charge in [-0.2, -0.15) is 0 Å². The zero-order valence-corrected chi connectivity index (χ0v) is 6.66. The van der Waals surface area contributed by atoms with Gasteiger partial charge in [0.15, 0.2) is 0 Å². The molecule has 1 saturated heterocycles. The summed E-state index contributed by atoms with van der Waals surface area (Å²) in [6.07, 6.45) is 3.36. The van der Waals surface area contributed by atoms with Crippen LogP contribution in [-0.2, 0) is 4.74 Å². The van der Waals surface area contributed by atoms with Gasteiger partial charge in [0.2, 0.25) is 0 Å². The monoisotopic (exact) mass is 165 g/mol. The molecule has 0 aliphatic carbocycles. The number of ether oxygens (including phenoxy) is 1. The Hall–Kier alpha value is -1.29. The number of hydrogen-bond donors (Lipinski definition) is 2. The Balaban J connectivity index is 2.06. The molecule has 0 unspecified atom stereocenters. The normalized spacial score (nSPS) is 17.0. The Morgan fingerprint density at radius 2 is 2.42 bits per heavy atom. The summed E-state index contributed by atoms with van der Waals surface area (Å²) in [5, 5.41) is 3.26. The van der Waals surface area contributed by atoms with Crippen molar-refractivity contribution in [3.8, 4) is 0 Å². The summed E-state index contributed by atoms with van der Waals surface area (Å²) >= 11 is 0. The number of aromatic nitrogens is 1. The predicted octanol–water partition coefficient (Wildman–Crippen LogP) is 0.474. The summed E-state index contributed by atoms with van der Waals surface area (Å²) < 4.78 is 5.03. The Morgan fingerprint density at radius 1 is 1.58 bits per heavy atom. The van der Waals surface area contributed by atoms with Gasteiger partial charge in [-0.15, -0.1) is 0 Å². The van der Waals surface area contributed by atoms with E-state index < -0.39 is 0 Å². The van der Waals surface area contributed by atoms with Gasteiger partial charge < -0.3 is 15.8 Å². The Morgan fingerprint density at radius 3 is 3.00 bits per heavy atom. The van der Waals surface area contributed by atoms with Crippen molar-refractivity contribution < 1.29 is 4.74 Å². The summed E-state index contributed by atoms with van der Waals surface area (Å²) in [4.78, 5) is 3.90. The van der Waals surface area contributed by atoms with Crippen LogP contribution in [0.3, 0.4) is 0 Å². The van der Waals surface area contributed by atoms with Crippen LogP contribution in [0.15, 0.2) is 18.5 Å². The van der Waals surface area contributed by atoms with Crippen LogP contribution >= 0.6 is 0 Å². The van der Waals surface area contributed by atoms with Crippen LogP contribution in [0.2, 0.25) is 0 Å². The second-order valence-electron chi connectivity index (χ2n) is 2.84. The zero-order chi connectivity index (χ0) is 8.39. The maximum Gasteiger partial charge on any atom is 0.0736 e. The Labute approximate surface area is 70.7 Å². The molecular formula is C8H11N3O. The van der Waals surface area contributed by atoms with Crippen molar-refractivity contribution in [3.63, 3.8) is 0 Å². The average molecular weight is 165 g/mol. The maximum atomic E-state index is 5.68. The molecule has 0 saturated carbocycles. The summed E-state index contributed by atoms with van der Waals surface area (Å²) in [5.74, 6) is 0. The number of anilines is 2. The highest BCUT2D eigenvalue weighted by molar-refractivity contribution is 5.64. The summed E-state index contributed by atoms with van der Waals surface area (Å²) in [7, 11) is 0. The lowest BCUT2D eigenvalue weighted by molar-refractivity contribution is 0.0211. The first kappa shape index (κ1) is 7.36. The molecule has 4 heteroatoms. The van der Waals surface area contributed by atoms with Crippen molar-refractivity contribution in [1.82, 2.24) is 4.98 Å². The van der Waals surface area contributed by atoms with Gasteiger partial charge >= 0.3 is 0 Å². The Bertz CT molecular complexity index is 273. The smallest absolute Gasteiger partial charge is 0.0736 e. The van der Waals surface area contributed by atoms with Crippen LogP contribution in [0.25, 0.3) is 0 Å². The second-order valence-corrected chi connectivity index (χ2v) is 2.84. The molecule has 1 fully saturated rings. The lowest BCUT2D eigenvalue weighted by Gasteiger charge is -2.28. The lowest BCUT2D eigenvalue weighted by atomic mass is 10.2. The van der Waals surface area contributed by atoms with Crippen molar-refractivity contribution in [3.05, 3.63) is 18.5 Å². The van der Waals surface area contributed by atoms with E-state index in [0.717, 1.165) is 18.9 Å². The van der Waals surface area contributed by atoms with E-state index in [1.165, 1.54) is 0 Å². The predicted molar refractivity (Wildman–Crippen MR) is 46.9 cm³/mol. The molecule has 1 aromatic rings. The number of nitrogen functional groups attached to an aromatic ring is 1. The topological polar surface area (TPSA) is 60.2 Å². The van der Waals surface area contributed by atoms with Gasteiger partial charge in [-0.25, -0.2) is 0 Å². The fourth-order valence-corrected chi connectivity index (χ4v) is 1.08. The quantitative estimate of drug-likeness (QED) is 0.669. The third kappa shape index (κ3) is 1.33. The molecule has 3 N–H and O–H groups in total. The van der Waals surface area contributed by atoms with Crippen LogP contribution in [0, 0.1) is 0 Å². The van der Waals surface area contributed by atoms with Crippen LogP contribution in [-0.4, -0.2) is 24.2 Å². The number of rotatable bonds is 2. The van der Waals surface area contributed by atoms with E-state index in [1.54, 1.807) is 12.4 Å². The van der Waals surface area contributed by atoms with Crippen LogP contribution in [0.5, 0.6) is 0 Å². The fourth-order valence-electron chi connectivity index (χ4n) is 1.08. The van der Waals surface area contributed by atoms with E-state index in [1.807, 2.05) is 6.07 Å². The minimum atomic E-state index is 0.412. The first-order chi connectivity index (χ1) is 5.86. The van der Waals surface area contributed by atoms with Crippen LogP contribution in [0.1, 0.15) is 0 Å². The molecule has 1 aliphatic rings. The summed E-state index contributed by atoms with van der Waals surface area (Å²) in [6, 6.07) is 2.28. The molecular weight excluding hydrogens is 154 g/mol. The van der Waals surface area contributed by atoms with Gasteiger partial charge in [0.1, 0.15) is 0 Å². The number of hydrogen-bond acceptors (Lipinski definition) is 4. The second kappa shape index (κ2) is 2.98. The summed E-state index contributed by atoms with van der Waals surface area (Å²) in [5.41, 5.74) is 7.31. The van der Waals surface area contributed by atoms with Crippen molar-refractivity contribution >= 4 is 11.4 Å². The highest BCUT2D eigenvalue weighted by Crippen LogP contribution is 2.18. The highest BCUT2D eigenvalue weighted by Gasteiger charge is 2.18. The molecule has 0 spiro atoms. The molecule has 0 aromatic carbocycles. The fraction of sp³-hybridized carbons (Fsp3) is 0.375. The highest BCUT2D eigenvalue weighted by atomic mass is 16.5. The van der Waals surface area contributed by atoms with Gasteiger partial charge in [-0.1, -0.05) is 0 Å². The molecule has 1 aliphatic heterocycles. The zero-order valence-electron chi connectivity index (χ0n) is 6.66. The SMILES string of the molecule is Nc1cnccc1NC1COC1. The number of pyridine rings is 1. The third-order valence-corrected chi connectivity index (χ3v) is 1.85. The van der Waals surface area contributed by atoms with Gasteiger partial charge in [-0.05, 0) is 6.07 Å². The van der Waals surface area contributed by atoms with E-state index in [-0.39, 0.29) is 0 Å². The van der Waals surface area contributed by atoms with E-state index >= 15 is 0 Å². The largest absolute Gasteiger partial charge is 0.396 e. The molecule has 0 bridgehead atoms. The molecule has 2 heterocycles. The standard InChI is InChI=1S/C8H11N3O/c9-7-3-10-2-1-8(7)11-6-4-12-5-6/h1-3,6H,4-5,9H2,(H,10,11). The van der Waals surface area contributed by atoms with Crippen molar-refractivity contribution in [2.45, 2.75) is 6.04 Å². The van der Waals surface area contributed by atoms with Crippen LogP contribution < -0.4 is 11.1 Å². The number of nitrogens with zero attached hydrogens (tertiary/aromatic N) is 1. The van der Waals surface area contributed by atoms with Gasteiger partial charge in [-0.3, -0.25) is 4.98 Å². The van der Waals surface area contributed by atoms with E-state index in [2.05, 4.69) is 10.3 Å². The first-order valence-electron chi connectivity index (χ1n) is 3.90. The van der Waals surface area contributed by atoms with E-state index in [0.29, 0.717) is 11.7 Å². The first-order valence-corrected chi connectivity index (χ1v) is 3.90. The minimum Gasteiger partial charge on any atom is -0.396 e. The van der Waals surface area contributed by atoms with Crippen LogP contribution in [0.4, 0.5) is 11.4 Å². The maximum absolute atomic E-state index is 5.68. The number of nitrogens with two attached hydrogens (primary N) is 1. The van der Waals surface area contributed by atoms with Gasteiger partial charge in [0, 0.05) is 6.20 Å². The van der Waals surface area contributed by atoms with Gasteiger partial charge in [0.05, 0.1) is 36.8 Å².